The zero-order valence-electron chi connectivity index (χ0n) is 11.4. The lowest BCUT2D eigenvalue weighted by Gasteiger charge is -2.13. The van der Waals surface area contributed by atoms with E-state index in [2.05, 4.69) is 11.3 Å². The largest absolute Gasteiger partial charge is 0.497 e. The van der Waals surface area contributed by atoms with Crippen LogP contribution in [0.2, 0.25) is 0 Å². The normalized spacial score (nSPS) is 12.9. The van der Waals surface area contributed by atoms with Crippen LogP contribution in [0.5, 0.6) is 5.75 Å². The van der Waals surface area contributed by atoms with Crippen LogP contribution < -0.4 is 9.46 Å². The van der Waals surface area contributed by atoms with E-state index >= 15 is 0 Å². The van der Waals surface area contributed by atoms with E-state index in [-0.39, 0.29) is 0 Å². The fourth-order valence-electron chi connectivity index (χ4n) is 1.58. The molecule has 1 unspecified atom stereocenters. The maximum Gasteiger partial charge on any atom is 0.214 e. The molecule has 0 heterocycles. The first-order valence-electron chi connectivity index (χ1n) is 6.22. The van der Waals surface area contributed by atoms with Crippen molar-refractivity contribution < 1.29 is 13.2 Å². The number of ether oxygens (including phenoxy) is 1. The monoisotopic (exact) mass is 283 g/mol. The minimum Gasteiger partial charge on any atom is -0.497 e. The molecule has 0 saturated heterocycles. The smallest absolute Gasteiger partial charge is 0.214 e. The van der Waals surface area contributed by atoms with Crippen molar-refractivity contribution in [2.75, 3.05) is 7.11 Å². The molecule has 0 aliphatic rings. The van der Waals surface area contributed by atoms with Crippen LogP contribution in [0.3, 0.4) is 0 Å². The Balaban J connectivity index is 2.56. The second kappa shape index (κ2) is 7.31. The van der Waals surface area contributed by atoms with Crippen LogP contribution in [-0.4, -0.2) is 20.8 Å². The SMILES string of the molecule is C=CCCC(C)S(=O)(=O)NCc1ccc(OC)cc1. The Hall–Kier alpha value is -1.33. The van der Waals surface area contributed by atoms with Crippen molar-refractivity contribution in [3.63, 3.8) is 0 Å². The highest BCUT2D eigenvalue weighted by Crippen LogP contribution is 2.12. The highest BCUT2D eigenvalue weighted by molar-refractivity contribution is 7.90. The van der Waals surface area contributed by atoms with Crippen molar-refractivity contribution in [1.82, 2.24) is 4.72 Å². The lowest BCUT2D eigenvalue weighted by molar-refractivity contribution is 0.414. The molecule has 4 nitrogen and oxygen atoms in total. The number of allylic oxidation sites excluding steroid dienone is 1. The molecule has 0 bridgehead atoms. The summed E-state index contributed by atoms with van der Waals surface area (Å²) in [5.74, 6) is 0.756. The first-order chi connectivity index (χ1) is 8.99. The molecule has 0 radical (unpaired) electrons. The van der Waals surface area contributed by atoms with Crippen LogP contribution in [0, 0.1) is 0 Å². The van der Waals surface area contributed by atoms with E-state index in [1.807, 2.05) is 24.3 Å². The van der Waals surface area contributed by atoms with Crippen LogP contribution in [-0.2, 0) is 16.6 Å². The molecule has 106 valence electrons. The fourth-order valence-corrected chi connectivity index (χ4v) is 2.68. The van der Waals surface area contributed by atoms with E-state index < -0.39 is 15.3 Å². The molecular formula is C14H21NO3S. The summed E-state index contributed by atoms with van der Waals surface area (Å²) in [5.41, 5.74) is 0.903. The maximum atomic E-state index is 12.0. The minimum atomic E-state index is -3.28. The molecule has 1 rings (SSSR count). The Labute approximate surface area is 115 Å². The summed E-state index contributed by atoms with van der Waals surface area (Å²) in [7, 11) is -1.68. The molecule has 1 atom stereocenters. The molecule has 0 amide bonds. The topological polar surface area (TPSA) is 55.4 Å². The Morgan fingerprint density at radius 1 is 1.37 bits per heavy atom. The zero-order valence-corrected chi connectivity index (χ0v) is 12.2. The molecule has 5 heteroatoms. The summed E-state index contributed by atoms with van der Waals surface area (Å²) >= 11 is 0. The van der Waals surface area contributed by atoms with E-state index in [0.717, 1.165) is 11.3 Å². The van der Waals surface area contributed by atoms with Gasteiger partial charge in [-0.05, 0) is 37.5 Å². The van der Waals surface area contributed by atoms with Crippen molar-refractivity contribution in [3.8, 4) is 5.75 Å². The summed E-state index contributed by atoms with van der Waals surface area (Å²) in [5, 5.41) is -0.413. The van der Waals surface area contributed by atoms with E-state index in [4.69, 9.17) is 4.74 Å². The van der Waals surface area contributed by atoms with E-state index in [1.54, 1.807) is 20.1 Å². The Bertz CT molecular complexity index is 494. The van der Waals surface area contributed by atoms with Gasteiger partial charge in [-0.15, -0.1) is 6.58 Å². The molecule has 0 aliphatic heterocycles. The number of sulfonamides is 1. The maximum absolute atomic E-state index is 12.0. The summed E-state index contributed by atoms with van der Waals surface area (Å²) in [6.07, 6.45) is 3.02. The van der Waals surface area contributed by atoms with Gasteiger partial charge in [0.1, 0.15) is 5.75 Å². The number of benzene rings is 1. The van der Waals surface area contributed by atoms with Crippen LogP contribution in [0.15, 0.2) is 36.9 Å². The lowest BCUT2D eigenvalue weighted by atomic mass is 10.2. The van der Waals surface area contributed by atoms with Gasteiger partial charge in [0.2, 0.25) is 10.0 Å². The predicted molar refractivity (Wildman–Crippen MR) is 77.6 cm³/mol. The van der Waals surface area contributed by atoms with Crippen LogP contribution in [0.1, 0.15) is 25.3 Å². The van der Waals surface area contributed by atoms with E-state index in [9.17, 15) is 8.42 Å². The highest BCUT2D eigenvalue weighted by Gasteiger charge is 2.19. The molecule has 0 fully saturated rings. The van der Waals surface area contributed by atoms with Crippen molar-refractivity contribution in [3.05, 3.63) is 42.5 Å². The fraction of sp³-hybridized carbons (Fsp3) is 0.429. The zero-order chi connectivity index (χ0) is 14.3. The molecule has 0 aromatic heterocycles. The van der Waals surface area contributed by atoms with Gasteiger partial charge in [-0.1, -0.05) is 18.2 Å². The van der Waals surface area contributed by atoms with Gasteiger partial charge in [-0.3, -0.25) is 0 Å². The molecule has 19 heavy (non-hydrogen) atoms. The van der Waals surface area contributed by atoms with E-state index in [1.165, 1.54) is 0 Å². The molecule has 1 N–H and O–H groups in total. The average molecular weight is 283 g/mol. The Morgan fingerprint density at radius 2 is 2.00 bits per heavy atom. The summed E-state index contributed by atoms with van der Waals surface area (Å²) in [6, 6.07) is 7.31. The van der Waals surface area contributed by atoms with Gasteiger partial charge >= 0.3 is 0 Å². The molecular weight excluding hydrogens is 262 g/mol. The molecule has 0 saturated carbocycles. The van der Waals surface area contributed by atoms with Crippen LogP contribution in [0.25, 0.3) is 0 Å². The quantitative estimate of drug-likeness (QED) is 0.746. The first kappa shape index (κ1) is 15.7. The van der Waals surface area contributed by atoms with Gasteiger partial charge < -0.3 is 4.74 Å². The third-order valence-electron chi connectivity index (χ3n) is 2.94. The average Bonchev–Trinajstić information content (AvgIpc) is 2.43. The van der Waals surface area contributed by atoms with Gasteiger partial charge in [0.05, 0.1) is 12.4 Å². The number of nitrogens with one attached hydrogen (secondary N) is 1. The van der Waals surface area contributed by atoms with Crippen molar-refractivity contribution in [1.29, 1.82) is 0 Å². The second-order valence-electron chi connectivity index (χ2n) is 4.39. The molecule has 1 aromatic carbocycles. The third kappa shape index (κ3) is 5.04. The molecule has 0 aliphatic carbocycles. The van der Waals surface area contributed by atoms with Gasteiger partial charge in [0, 0.05) is 6.54 Å². The summed E-state index contributed by atoms with van der Waals surface area (Å²) in [4.78, 5) is 0. The van der Waals surface area contributed by atoms with E-state index in [0.29, 0.717) is 19.4 Å². The van der Waals surface area contributed by atoms with Crippen molar-refractivity contribution >= 4 is 10.0 Å². The van der Waals surface area contributed by atoms with Gasteiger partial charge in [0.25, 0.3) is 0 Å². The van der Waals surface area contributed by atoms with Gasteiger partial charge in [0.15, 0.2) is 0 Å². The first-order valence-corrected chi connectivity index (χ1v) is 7.76. The van der Waals surface area contributed by atoms with Crippen molar-refractivity contribution in [2.45, 2.75) is 31.6 Å². The molecule has 0 spiro atoms. The predicted octanol–water partition coefficient (Wildman–Crippen LogP) is 2.47. The Morgan fingerprint density at radius 3 is 2.53 bits per heavy atom. The van der Waals surface area contributed by atoms with Crippen LogP contribution in [0.4, 0.5) is 0 Å². The number of hydrogen-bond acceptors (Lipinski definition) is 3. The second-order valence-corrected chi connectivity index (χ2v) is 6.57. The number of rotatable bonds is 8. The van der Waals surface area contributed by atoms with Crippen molar-refractivity contribution in [2.24, 2.45) is 0 Å². The highest BCUT2D eigenvalue weighted by atomic mass is 32.2. The minimum absolute atomic E-state index is 0.296. The summed E-state index contributed by atoms with van der Waals surface area (Å²) < 4.78 is 31.6. The number of methoxy groups -OCH3 is 1. The Kier molecular flexibility index (Phi) is 6.05. The molecule has 1 aromatic rings. The third-order valence-corrected chi connectivity index (χ3v) is 4.79. The summed E-state index contributed by atoms with van der Waals surface area (Å²) in [6.45, 7) is 5.60. The lowest BCUT2D eigenvalue weighted by Crippen LogP contribution is -2.32. The van der Waals surface area contributed by atoms with Gasteiger partial charge in [-0.2, -0.15) is 0 Å². The standard InChI is InChI=1S/C14H21NO3S/c1-4-5-6-12(2)19(16,17)15-11-13-7-9-14(18-3)10-8-13/h4,7-10,12,15H,1,5-6,11H2,2-3H3. The van der Waals surface area contributed by atoms with Gasteiger partial charge in [-0.25, -0.2) is 13.1 Å². The number of hydrogen-bond donors (Lipinski definition) is 1. The van der Waals surface area contributed by atoms with Crippen LogP contribution >= 0.6 is 0 Å².